The second-order valence-electron chi connectivity index (χ2n) is 5.84. The molecule has 7 heteroatoms. The van der Waals surface area contributed by atoms with E-state index in [1.807, 2.05) is 29.8 Å². The van der Waals surface area contributed by atoms with Gasteiger partial charge in [-0.1, -0.05) is 35.5 Å². The standard InChI is InChI=1S/C17H19N5OS/c1-2-4-14(5-3-1)12-15-19-16(23-20-15)13-21-7-9-22(10-8-21)17-18-6-11-24-17/h1-6,11H,7-10,12-13H2. The van der Waals surface area contributed by atoms with Gasteiger partial charge < -0.3 is 9.42 Å². The first-order valence-electron chi connectivity index (χ1n) is 8.09. The Balaban J connectivity index is 1.30. The summed E-state index contributed by atoms with van der Waals surface area (Å²) in [5, 5.41) is 7.23. The van der Waals surface area contributed by atoms with E-state index in [-0.39, 0.29) is 0 Å². The second-order valence-corrected chi connectivity index (χ2v) is 6.72. The van der Waals surface area contributed by atoms with Crippen LogP contribution in [0.25, 0.3) is 0 Å². The lowest BCUT2D eigenvalue weighted by Gasteiger charge is -2.33. The summed E-state index contributed by atoms with van der Waals surface area (Å²) in [7, 11) is 0. The van der Waals surface area contributed by atoms with Gasteiger partial charge in [-0.2, -0.15) is 4.98 Å². The van der Waals surface area contributed by atoms with Gasteiger partial charge in [0.25, 0.3) is 0 Å². The molecule has 1 aliphatic heterocycles. The average molecular weight is 341 g/mol. The Kier molecular flexibility index (Phi) is 4.53. The maximum atomic E-state index is 5.41. The highest BCUT2D eigenvalue weighted by molar-refractivity contribution is 7.13. The molecule has 1 aromatic carbocycles. The molecule has 0 N–H and O–H groups in total. The SMILES string of the molecule is c1ccc(Cc2noc(CN3CCN(c4nccs4)CC3)n2)cc1. The molecule has 6 nitrogen and oxygen atoms in total. The van der Waals surface area contributed by atoms with Crippen LogP contribution in [0.5, 0.6) is 0 Å². The molecule has 0 unspecified atom stereocenters. The number of nitrogens with zero attached hydrogens (tertiary/aromatic N) is 5. The lowest BCUT2D eigenvalue weighted by atomic mass is 10.1. The first-order valence-corrected chi connectivity index (χ1v) is 8.97. The van der Waals surface area contributed by atoms with Crippen molar-refractivity contribution >= 4 is 16.5 Å². The van der Waals surface area contributed by atoms with Crippen molar-refractivity contribution in [2.45, 2.75) is 13.0 Å². The van der Waals surface area contributed by atoms with Gasteiger partial charge in [-0.3, -0.25) is 4.90 Å². The summed E-state index contributed by atoms with van der Waals surface area (Å²) in [5.74, 6) is 1.45. The summed E-state index contributed by atoms with van der Waals surface area (Å²) < 4.78 is 5.41. The van der Waals surface area contributed by atoms with Gasteiger partial charge >= 0.3 is 0 Å². The fourth-order valence-corrected chi connectivity index (χ4v) is 3.56. The van der Waals surface area contributed by atoms with Gasteiger partial charge in [0.15, 0.2) is 11.0 Å². The number of anilines is 1. The summed E-state index contributed by atoms with van der Waals surface area (Å²) >= 11 is 1.69. The number of hydrogen-bond acceptors (Lipinski definition) is 7. The molecule has 124 valence electrons. The summed E-state index contributed by atoms with van der Waals surface area (Å²) in [6.45, 7) is 4.65. The molecule has 0 spiro atoms. The molecule has 0 saturated carbocycles. The molecule has 4 rings (SSSR count). The zero-order valence-electron chi connectivity index (χ0n) is 13.3. The maximum Gasteiger partial charge on any atom is 0.240 e. The van der Waals surface area contributed by atoms with E-state index in [2.05, 4.69) is 37.1 Å². The predicted octanol–water partition coefficient (Wildman–Crippen LogP) is 2.44. The third kappa shape index (κ3) is 3.63. The van der Waals surface area contributed by atoms with Crippen LogP contribution < -0.4 is 4.90 Å². The van der Waals surface area contributed by atoms with Gasteiger partial charge in [0.05, 0.1) is 6.54 Å². The third-order valence-electron chi connectivity index (χ3n) is 4.14. The van der Waals surface area contributed by atoms with E-state index in [9.17, 15) is 0 Å². The molecule has 0 atom stereocenters. The van der Waals surface area contributed by atoms with Crippen LogP contribution in [0.2, 0.25) is 0 Å². The predicted molar refractivity (Wildman–Crippen MR) is 93.2 cm³/mol. The van der Waals surface area contributed by atoms with Crippen molar-refractivity contribution < 1.29 is 4.52 Å². The second kappa shape index (κ2) is 7.11. The lowest BCUT2D eigenvalue weighted by molar-refractivity contribution is 0.215. The van der Waals surface area contributed by atoms with Crippen LogP contribution in [0.4, 0.5) is 5.13 Å². The van der Waals surface area contributed by atoms with Gasteiger partial charge in [-0.05, 0) is 5.56 Å². The highest BCUT2D eigenvalue weighted by Gasteiger charge is 2.20. The Hall–Kier alpha value is -2.25. The van der Waals surface area contributed by atoms with Crippen LogP contribution >= 0.6 is 11.3 Å². The molecular formula is C17H19N5OS. The van der Waals surface area contributed by atoms with Gasteiger partial charge in [-0.15, -0.1) is 11.3 Å². The molecule has 0 amide bonds. The van der Waals surface area contributed by atoms with Crippen molar-refractivity contribution in [1.82, 2.24) is 20.0 Å². The van der Waals surface area contributed by atoms with Crippen molar-refractivity contribution in [1.29, 1.82) is 0 Å². The number of rotatable bonds is 5. The lowest BCUT2D eigenvalue weighted by Crippen LogP contribution is -2.46. The number of piperazine rings is 1. The van der Waals surface area contributed by atoms with Crippen molar-refractivity contribution in [2.75, 3.05) is 31.1 Å². The average Bonchev–Trinajstić information content (AvgIpc) is 3.29. The minimum absolute atomic E-state index is 0.698. The smallest absolute Gasteiger partial charge is 0.240 e. The molecule has 1 aliphatic rings. The number of thiazole rings is 1. The van der Waals surface area contributed by atoms with Gasteiger partial charge in [0.1, 0.15) is 0 Å². The Labute approximate surface area is 144 Å². The van der Waals surface area contributed by atoms with Gasteiger partial charge in [0, 0.05) is 44.2 Å². The van der Waals surface area contributed by atoms with Crippen LogP contribution in [0, 0.1) is 0 Å². The number of hydrogen-bond donors (Lipinski definition) is 0. The normalized spacial score (nSPS) is 15.8. The van der Waals surface area contributed by atoms with E-state index < -0.39 is 0 Å². The Morgan fingerprint density at radius 2 is 1.92 bits per heavy atom. The molecule has 1 fully saturated rings. The monoisotopic (exact) mass is 341 g/mol. The highest BCUT2D eigenvalue weighted by atomic mass is 32.1. The van der Waals surface area contributed by atoms with Crippen LogP contribution in [0.3, 0.4) is 0 Å². The Morgan fingerprint density at radius 1 is 1.08 bits per heavy atom. The largest absolute Gasteiger partial charge is 0.346 e. The van der Waals surface area contributed by atoms with Crippen molar-refractivity contribution in [3.05, 3.63) is 59.2 Å². The van der Waals surface area contributed by atoms with Crippen LogP contribution in [0.1, 0.15) is 17.3 Å². The highest BCUT2D eigenvalue weighted by Crippen LogP contribution is 2.19. The fourth-order valence-electron chi connectivity index (χ4n) is 2.87. The molecular weight excluding hydrogens is 322 g/mol. The van der Waals surface area contributed by atoms with E-state index in [0.29, 0.717) is 18.9 Å². The summed E-state index contributed by atoms with van der Waals surface area (Å²) in [6.07, 6.45) is 2.57. The minimum Gasteiger partial charge on any atom is -0.346 e. The van der Waals surface area contributed by atoms with E-state index in [1.54, 1.807) is 11.3 Å². The first-order chi connectivity index (χ1) is 11.9. The zero-order valence-corrected chi connectivity index (χ0v) is 14.2. The quantitative estimate of drug-likeness (QED) is 0.710. The Morgan fingerprint density at radius 3 is 2.67 bits per heavy atom. The summed E-state index contributed by atoms with van der Waals surface area (Å²) in [5.41, 5.74) is 1.20. The topological polar surface area (TPSA) is 58.3 Å². The summed E-state index contributed by atoms with van der Waals surface area (Å²) in [4.78, 5) is 13.6. The van der Waals surface area contributed by atoms with Crippen molar-refractivity contribution in [2.24, 2.45) is 0 Å². The minimum atomic E-state index is 0.698. The van der Waals surface area contributed by atoms with Crippen molar-refractivity contribution in [3.8, 4) is 0 Å². The molecule has 1 saturated heterocycles. The Bertz CT molecular complexity index is 750. The van der Waals surface area contributed by atoms with Crippen LogP contribution in [0.15, 0.2) is 46.4 Å². The molecule has 24 heavy (non-hydrogen) atoms. The van der Waals surface area contributed by atoms with E-state index in [1.165, 1.54) is 5.56 Å². The summed E-state index contributed by atoms with van der Waals surface area (Å²) in [6, 6.07) is 10.2. The molecule has 2 aromatic heterocycles. The van der Waals surface area contributed by atoms with E-state index in [0.717, 1.165) is 37.1 Å². The zero-order chi connectivity index (χ0) is 16.2. The van der Waals surface area contributed by atoms with E-state index in [4.69, 9.17) is 4.52 Å². The molecule has 0 bridgehead atoms. The maximum absolute atomic E-state index is 5.41. The third-order valence-corrected chi connectivity index (χ3v) is 4.97. The van der Waals surface area contributed by atoms with E-state index >= 15 is 0 Å². The van der Waals surface area contributed by atoms with Crippen LogP contribution in [-0.2, 0) is 13.0 Å². The van der Waals surface area contributed by atoms with Crippen molar-refractivity contribution in [3.63, 3.8) is 0 Å². The van der Waals surface area contributed by atoms with Crippen LogP contribution in [-0.4, -0.2) is 46.2 Å². The first kappa shape index (κ1) is 15.3. The van der Waals surface area contributed by atoms with Gasteiger partial charge in [-0.25, -0.2) is 4.98 Å². The fraction of sp³-hybridized carbons (Fsp3) is 0.353. The number of benzene rings is 1. The molecule has 0 aliphatic carbocycles. The molecule has 3 heterocycles. The molecule has 0 radical (unpaired) electrons. The number of aromatic nitrogens is 3. The molecule has 3 aromatic rings. The van der Waals surface area contributed by atoms with Gasteiger partial charge in [0.2, 0.25) is 5.89 Å².